The molecule has 0 saturated heterocycles. The second kappa shape index (κ2) is 13.0. The predicted octanol–water partition coefficient (Wildman–Crippen LogP) is -8.76. The summed E-state index contributed by atoms with van der Waals surface area (Å²) >= 11 is 0. The van der Waals surface area contributed by atoms with E-state index < -0.39 is 10.2 Å². The minimum atomic E-state index is -4.94. The zero-order valence-electron chi connectivity index (χ0n) is 7.14. The molecular weight excluding hydrogens is 218 g/mol. The largest absolute Gasteiger partial charge is 1.00 e. The van der Waals surface area contributed by atoms with E-state index in [1.165, 1.54) is 0 Å². The molecule has 0 radical (unpaired) electrons. The van der Waals surface area contributed by atoms with Gasteiger partial charge in [-0.25, -0.2) is 18.6 Å². The van der Waals surface area contributed by atoms with Crippen molar-refractivity contribution in [1.29, 1.82) is 0 Å². The summed E-state index contributed by atoms with van der Waals surface area (Å²) in [4.78, 5) is 0. The van der Waals surface area contributed by atoms with Crippen LogP contribution in [-0.2, 0) is 4.74 Å². The third-order valence-electron chi connectivity index (χ3n) is 0.471. The second-order valence-corrected chi connectivity index (χ2v) is 2.19. The molecule has 7 nitrogen and oxygen atoms in total. The van der Waals surface area contributed by atoms with Crippen LogP contribution in [0.15, 0.2) is 0 Å². The van der Waals surface area contributed by atoms with Crippen LogP contribution in [0.4, 0.5) is 0 Å². The molecule has 0 rings (SSSR count). The van der Waals surface area contributed by atoms with E-state index in [0.29, 0.717) is 13.2 Å². The summed E-state index contributed by atoms with van der Waals surface area (Å²) < 4.78 is 38.6. The van der Waals surface area contributed by atoms with Gasteiger partial charge in [0.25, 0.3) is 0 Å². The zero-order valence-corrected chi connectivity index (χ0v) is 9.90. The quantitative estimate of drug-likeness (QED) is 0.359. The molecule has 76 valence electrons. The summed E-state index contributed by atoms with van der Waals surface area (Å²) in [6.07, 6.45) is 0. The van der Waals surface area contributed by atoms with Gasteiger partial charge in [-0.05, 0) is 0 Å². The van der Waals surface area contributed by atoms with Crippen molar-refractivity contribution >= 4 is 0 Å². The van der Waals surface area contributed by atoms with Crippen molar-refractivity contribution in [2.24, 2.45) is 0 Å². The van der Waals surface area contributed by atoms with Gasteiger partial charge in [0.05, 0.1) is 26.4 Å². The number of halogens is 1. The molecule has 13 heavy (non-hydrogen) atoms. The average molecular weight is 229 g/mol. The van der Waals surface area contributed by atoms with Crippen LogP contribution in [0.5, 0.6) is 0 Å². The fourth-order valence-electron chi connectivity index (χ4n) is 0.231. The van der Waals surface area contributed by atoms with Crippen LogP contribution in [0.3, 0.4) is 0 Å². The van der Waals surface area contributed by atoms with Crippen LogP contribution >= 0.6 is 0 Å². The summed E-state index contributed by atoms with van der Waals surface area (Å²) in [6, 6.07) is 0. The Balaban J connectivity index is -0.000000150. The number of aliphatic hydroxyl groups is 2. The molecule has 0 aliphatic carbocycles. The molecule has 0 aromatic rings. The van der Waals surface area contributed by atoms with Crippen molar-refractivity contribution in [2.45, 2.75) is 0 Å². The van der Waals surface area contributed by atoms with E-state index in [9.17, 15) is 0 Å². The SMILES string of the molecule is OCCOCCO.[Na+].[O-][Cl+3]([O-])([O-])[O-]. The first-order chi connectivity index (χ1) is 5.41. The van der Waals surface area contributed by atoms with E-state index >= 15 is 0 Å². The zero-order chi connectivity index (χ0) is 10.0. The molecule has 0 amide bonds. The molecule has 9 heteroatoms. The van der Waals surface area contributed by atoms with Crippen LogP contribution < -0.4 is 48.2 Å². The Kier molecular flexibility index (Phi) is 19.6. The Morgan fingerprint density at radius 2 is 1.15 bits per heavy atom. The molecule has 0 aromatic carbocycles. The topological polar surface area (TPSA) is 142 Å². The maximum Gasteiger partial charge on any atom is 1.00 e. The molecule has 2 N–H and O–H groups in total. The number of hydrogen-bond acceptors (Lipinski definition) is 7. The van der Waals surface area contributed by atoms with Crippen molar-refractivity contribution < 1.29 is 73.4 Å². The van der Waals surface area contributed by atoms with Gasteiger partial charge in [0, 0.05) is 0 Å². The minimum Gasteiger partial charge on any atom is -0.394 e. The monoisotopic (exact) mass is 228 g/mol. The van der Waals surface area contributed by atoms with Crippen molar-refractivity contribution in [1.82, 2.24) is 0 Å². The molecule has 0 aromatic heterocycles. The van der Waals surface area contributed by atoms with Gasteiger partial charge >= 0.3 is 29.6 Å². The smallest absolute Gasteiger partial charge is 0.394 e. The molecular formula is C4H10ClNaO7. The van der Waals surface area contributed by atoms with E-state index in [2.05, 4.69) is 4.74 Å². The third kappa shape index (κ3) is 62.8. The van der Waals surface area contributed by atoms with Gasteiger partial charge in [0.15, 0.2) is 0 Å². The Bertz CT molecular complexity index is 77.1. The second-order valence-electron chi connectivity index (χ2n) is 1.44. The fourth-order valence-corrected chi connectivity index (χ4v) is 0.231. The molecule has 0 unspecified atom stereocenters. The summed E-state index contributed by atoms with van der Waals surface area (Å²) in [7, 11) is -4.94. The van der Waals surface area contributed by atoms with Gasteiger partial charge in [-0.3, -0.25) is 0 Å². The molecule has 0 aliphatic rings. The predicted molar refractivity (Wildman–Crippen MR) is 25.0 cm³/mol. The van der Waals surface area contributed by atoms with Crippen LogP contribution in [0, 0.1) is 10.2 Å². The van der Waals surface area contributed by atoms with E-state index in [4.69, 9.17) is 28.8 Å². The van der Waals surface area contributed by atoms with E-state index in [1.54, 1.807) is 0 Å². The van der Waals surface area contributed by atoms with Gasteiger partial charge in [0.1, 0.15) is 0 Å². The van der Waals surface area contributed by atoms with Crippen molar-refractivity contribution in [2.75, 3.05) is 26.4 Å². The summed E-state index contributed by atoms with van der Waals surface area (Å²) in [5.41, 5.74) is 0. The van der Waals surface area contributed by atoms with Gasteiger partial charge in [0.2, 0.25) is 0 Å². The summed E-state index contributed by atoms with van der Waals surface area (Å²) in [6.45, 7) is 0.696. The maximum absolute atomic E-state index is 8.49. The van der Waals surface area contributed by atoms with Crippen LogP contribution in [0.1, 0.15) is 0 Å². The number of aliphatic hydroxyl groups excluding tert-OH is 2. The fraction of sp³-hybridized carbons (Fsp3) is 1.00. The van der Waals surface area contributed by atoms with E-state index in [-0.39, 0.29) is 42.8 Å². The minimum absolute atomic E-state index is 0. The number of ether oxygens (including phenoxy) is 1. The van der Waals surface area contributed by atoms with Crippen LogP contribution in [0.25, 0.3) is 0 Å². The Morgan fingerprint density at radius 1 is 0.923 bits per heavy atom. The third-order valence-corrected chi connectivity index (χ3v) is 0.471. The normalized spacial score (nSPS) is 9.69. The Labute approximate surface area is 99.6 Å². The standard InChI is InChI=1S/C4H10O3.ClHO4.Na/c5-1-3-7-4-2-6;2-1(3,4)5;/h5-6H,1-4H2;(H,2,3,4,5);/q;;+1/p-1. The van der Waals surface area contributed by atoms with Gasteiger partial charge in [-0.15, -0.1) is 10.2 Å². The van der Waals surface area contributed by atoms with E-state index in [1.807, 2.05) is 0 Å². The molecule has 0 bridgehead atoms. The van der Waals surface area contributed by atoms with Crippen LogP contribution in [0.2, 0.25) is 0 Å². The van der Waals surface area contributed by atoms with Gasteiger partial charge < -0.3 is 14.9 Å². The van der Waals surface area contributed by atoms with Gasteiger partial charge in [-0.2, -0.15) is 0 Å². The van der Waals surface area contributed by atoms with Crippen molar-refractivity contribution in [3.05, 3.63) is 0 Å². The van der Waals surface area contributed by atoms with Crippen molar-refractivity contribution in [3.8, 4) is 0 Å². The molecule has 0 atom stereocenters. The maximum atomic E-state index is 8.49. The molecule has 0 spiro atoms. The average Bonchev–Trinajstić information content (AvgIpc) is 1.85. The first-order valence-corrected chi connectivity index (χ1v) is 4.06. The molecule has 0 aliphatic heterocycles. The van der Waals surface area contributed by atoms with E-state index in [0.717, 1.165) is 0 Å². The number of hydrogen-bond donors (Lipinski definition) is 2. The molecule has 0 fully saturated rings. The molecule has 0 heterocycles. The molecule has 0 saturated carbocycles. The first-order valence-electron chi connectivity index (χ1n) is 2.83. The first kappa shape index (κ1) is 19.6. The Morgan fingerprint density at radius 3 is 1.31 bits per heavy atom. The van der Waals surface area contributed by atoms with Gasteiger partial charge in [-0.1, -0.05) is 0 Å². The number of rotatable bonds is 4. The summed E-state index contributed by atoms with van der Waals surface area (Å²) in [5.74, 6) is 0. The van der Waals surface area contributed by atoms with Crippen molar-refractivity contribution in [3.63, 3.8) is 0 Å². The summed E-state index contributed by atoms with van der Waals surface area (Å²) in [5, 5.41) is 16.2. The van der Waals surface area contributed by atoms with Crippen LogP contribution in [-0.4, -0.2) is 36.6 Å². The Hall–Kier alpha value is 1.01.